The average molecular weight is 358 g/mol. The number of benzene rings is 1. The first-order valence-electron chi connectivity index (χ1n) is 9.50. The van der Waals surface area contributed by atoms with E-state index in [0.717, 1.165) is 37.2 Å². The van der Waals surface area contributed by atoms with Gasteiger partial charge in [-0.15, -0.1) is 0 Å². The van der Waals surface area contributed by atoms with Crippen LogP contribution in [0.3, 0.4) is 0 Å². The number of ether oxygens (including phenoxy) is 1. The Labute approximate surface area is 156 Å². The molecule has 0 bridgehead atoms. The van der Waals surface area contributed by atoms with Gasteiger partial charge in [-0.25, -0.2) is 0 Å². The predicted molar refractivity (Wildman–Crippen MR) is 101 cm³/mol. The molecule has 3 rings (SSSR count). The molecule has 1 atom stereocenters. The van der Waals surface area contributed by atoms with Crippen LogP contribution in [0.25, 0.3) is 0 Å². The monoisotopic (exact) mass is 358 g/mol. The SMILES string of the molecule is Cc1nc(CN(C)Cc2ccc(OCCN3CCC[C@H](C)C3)cc2)no1. The largest absolute Gasteiger partial charge is 0.492 e. The smallest absolute Gasteiger partial charge is 0.223 e. The van der Waals surface area contributed by atoms with Gasteiger partial charge in [0.15, 0.2) is 5.82 Å². The van der Waals surface area contributed by atoms with Crippen LogP contribution in [-0.4, -0.2) is 53.2 Å². The van der Waals surface area contributed by atoms with E-state index in [4.69, 9.17) is 9.26 Å². The maximum Gasteiger partial charge on any atom is 0.223 e. The number of aromatic nitrogens is 2. The Kier molecular flexibility index (Phi) is 6.63. The molecule has 1 aromatic heterocycles. The first kappa shape index (κ1) is 18.9. The number of piperidine rings is 1. The molecule has 1 aliphatic heterocycles. The van der Waals surface area contributed by atoms with Crippen LogP contribution in [0.15, 0.2) is 28.8 Å². The van der Waals surface area contributed by atoms with E-state index in [2.05, 4.69) is 58.2 Å². The fraction of sp³-hybridized carbons (Fsp3) is 0.600. The first-order valence-corrected chi connectivity index (χ1v) is 9.50. The van der Waals surface area contributed by atoms with Crippen LogP contribution in [0, 0.1) is 12.8 Å². The lowest BCUT2D eigenvalue weighted by Gasteiger charge is -2.30. The summed E-state index contributed by atoms with van der Waals surface area (Å²) in [4.78, 5) is 8.92. The van der Waals surface area contributed by atoms with E-state index in [-0.39, 0.29) is 0 Å². The van der Waals surface area contributed by atoms with Crippen molar-refractivity contribution in [3.63, 3.8) is 0 Å². The van der Waals surface area contributed by atoms with Crippen molar-refractivity contribution in [3.8, 4) is 5.75 Å². The molecule has 0 saturated carbocycles. The molecule has 2 aromatic rings. The van der Waals surface area contributed by atoms with E-state index < -0.39 is 0 Å². The van der Waals surface area contributed by atoms with Gasteiger partial charge in [-0.05, 0) is 50.0 Å². The van der Waals surface area contributed by atoms with Gasteiger partial charge in [-0.2, -0.15) is 4.98 Å². The van der Waals surface area contributed by atoms with Crippen molar-refractivity contribution < 1.29 is 9.26 Å². The fourth-order valence-electron chi connectivity index (χ4n) is 3.49. The third-order valence-corrected chi connectivity index (χ3v) is 4.77. The van der Waals surface area contributed by atoms with Gasteiger partial charge in [0.2, 0.25) is 5.89 Å². The van der Waals surface area contributed by atoms with Gasteiger partial charge in [-0.1, -0.05) is 24.2 Å². The Balaban J connectivity index is 1.40. The third kappa shape index (κ3) is 5.81. The van der Waals surface area contributed by atoms with E-state index in [1.54, 1.807) is 6.92 Å². The quantitative estimate of drug-likeness (QED) is 0.723. The molecule has 1 fully saturated rings. The summed E-state index contributed by atoms with van der Waals surface area (Å²) >= 11 is 0. The molecular formula is C20H30N4O2. The topological polar surface area (TPSA) is 54.6 Å². The predicted octanol–water partition coefficient (Wildman–Crippen LogP) is 3.12. The molecule has 1 saturated heterocycles. The van der Waals surface area contributed by atoms with Gasteiger partial charge in [0, 0.05) is 26.6 Å². The Morgan fingerprint density at radius 2 is 2.08 bits per heavy atom. The molecule has 0 spiro atoms. The van der Waals surface area contributed by atoms with E-state index in [1.165, 1.54) is 31.5 Å². The zero-order chi connectivity index (χ0) is 18.4. The van der Waals surface area contributed by atoms with Crippen LogP contribution >= 0.6 is 0 Å². The summed E-state index contributed by atoms with van der Waals surface area (Å²) in [5.41, 5.74) is 1.24. The second-order valence-electron chi connectivity index (χ2n) is 7.44. The molecule has 0 unspecified atom stereocenters. The van der Waals surface area contributed by atoms with E-state index in [0.29, 0.717) is 12.4 Å². The van der Waals surface area contributed by atoms with Gasteiger partial charge in [0.25, 0.3) is 0 Å². The van der Waals surface area contributed by atoms with Gasteiger partial charge in [0.1, 0.15) is 12.4 Å². The third-order valence-electron chi connectivity index (χ3n) is 4.77. The molecule has 0 N–H and O–H groups in total. The number of aryl methyl sites for hydroxylation is 1. The lowest BCUT2D eigenvalue weighted by atomic mass is 10.0. The van der Waals surface area contributed by atoms with Crippen molar-refractivity contribution in [2.45, 2.75) is 39.8 Å². The average Bonchev–Trinajstić information content (AvgIpc) is 3.01. The van der Waals surface area contributed by atoms with Crippen molar-refractivity contribution in [1.29, 1.82) is 0 Å². The Morgan fingerprint density at radius 3 is 2.77 bits per heavy atom. The number of hydrogen-bond acceptors (Lipinski definition) is 6. The number of likely N-dealkylation sites (tertiary alicyclic amines) is 1. The standard InChI is InChI=1S/C20H30N4O2/c1-16-5-4-10-24(13-16)11-12-25-19-8-6-18(7-9-19)14-23(3)15-20-21-17(2)26-22-20/h6-9,16H,4-5,10-15H2,1-3H3/t16-/m0/s1. The van der Waals surface area contributed by atoms with Gasteiger partial charge in [0.05, 0.1) is 6.54 Å². The number of rotatable bonds is 8. The molecule has 0 radical (unpaired) electrons. The summed E-state index contributed by atoms with van der Waals surface area (Å²) in [5, 5.41) is 3.94. The highest BCUT2D eigenvalue weighted by atomic mass is 16.5. The minimum Gasteiger partial charge on any atom is -0.492 e. The van der Waals surface area contributed by atoms with Crippen LogP contribution in [0.5, 0.6) is 5.75 Å². The zero-order valence-electron chi connectivity index (χ0n) is 16.1. The minimum atomic E-state index is 0.605. The summed E-state index contributed by atoms with van der Waals surface area (Å²) in [5.74, 6) is 3.08. The van der Waals surface area contributed by atoms with Crippen LogP contribution < -0.4 is 4.74 Å². The number of hydrogen-bond donors (Lipinski definition) is 0. The van der Waals surface area contributed by atoms with Gasteiger partial charge in [-0.3, -0.25) is 9.80 Å². The lowest BCUT2D eigenvalue weighted by molar-refractivity contribution is 0.153. The van der Waals surface area contributed by atoms with Crippen molar-refractivity contribution in [1.82, 2.24) is 19.9 Å². The number of nitrogens with zero attached hydrogens (tertiary/aromatic N) is 4. The van der Waals surface area contributed by atoms with Crippen LogP contribution in [0.2, 0.25) is 0 Å². The summed E-state index contributed by atoms with van der Waals surface area (Å²) in [6.07, 6.45) is 2.67. The van der Waals surface area contributed by atoms with Gasteiger partial charge < -0.3 is 9.26 Å². The van der Waals surface area contributed by atoms with Crippen molar-refractivity contribution in [2.24, 2.45) is 5.92 Å². The van der Waals surface area contributed by atoms with E-state index in [1.807, 2.05) is 0 Å². The second-order valence-corrected chi connectivity index (χ2v) is 7.44. The highest BCUT2D eigenvalue weighted by molar-refractivity contribution is 5.27. The summed E-state index contributed by atoms with van der Waals surface area (Å²) in [6, 6.07) is 8.35. The van der Waals surface area contributed by atoms with Gasteiger partial charge >= 0.3 is 0 Å². The van der Waals surface area contributed by atoms with Crippen molar-refractivity contribution in [2.75, 3.05) is 33.3 Å². The summed E-state index contributed by atoms with van der Waals surface area (Å²) in [6.45, 7) is 9.82. The molecule has 2 heterocycles. The molecule has 142 valence electrons. The Morgan fingerprint density at radius 1 is 1.27 bits per heavy atom. The minimum absolute atomic E-state index is 0.605. The van der Waals surface area contributed by atoms with Crippen molar-refractivity contribution >= 4 is 0 Å². The highest BCUT2D eigenvalue weighted by Crippen LogP contribution is 2.16. The molecule has 26 heavy (non-hydrogen) atoms. The maximum atomic E-state index is 5.91. The first-order chi connectivity index (χ1) is 12.6. The van der Waals surface area contributed by atoms with Crippen LogP contribution in [0.1, 0.15) is 37.0 Å². The zero-order valence-corrected chi connectivity index (χ0v) is 16.1. The Bertz CT molecular complexity index is 671. The molecule has 0 amide bonds. The summed E-state index contributed by atoms with van der Waals surface area (Å²) in [7, 11) is 2.05. The molecule has 1 aliphatic rings. The van der Waals surface area contributed by atoms with Crippen molar-refractivity contribution in [3.05, 3.63) is 41.5 Å². The molecule has 6 nitrogen and oxygen atoms in total. The van der Waals surface area contributed by atoms with Crippen LogP contribution in [0.4, 0.5) is 0 Å². The van der Waals surface area contributed by atoms with E-state index in [9.17, 15) is 0 Å². The fourth-order valence-corrected chi connectivity index (χ4v) is 3.49. The molecular weight excluding hydrogens is 328 g/mol. The summed E-state index contributed by atoms with van der Waals surface area (Å²) < 4.78 is 10.9. The molecule has 0 aliphatic carbocycles. The second kappa shape index (κ2) is 9.14. The Hall–Kier alpha value is -1.92. The van der Waals surface area contributed by atoms with E-state index >= 15 is 0 Å². The normalized spacial score (nSPS) is 18.4. The maximum absolute atomic E-state index is 5.91. The molecule has 6 heteroatoms. The van der Waals surface area contributed by atoms with Crippen LogP contribution in [-0.2, 0) is 13.1 Å². The lowest BCUT2D eigenvalue weighted by Crippen LogP contribution is -2.37. The highest BCUT2D eigenvalue weighted by Gasteiger charge is 2.15. The molecule has 1 aromatic carbocycles.